The maximum atomic E-state index is 13.9. The van der Waals surface area contributed by atoms with Gasteiger partial charge in [0.05, 0.1) is 12.1 Å². The highest BCUT2D eigenvalue weighted by molar-refractivity contribution is 7.89. The Morgan fingerprint density at radius 3 is 2.76 bits per heavy atom. The number of rotatable bonds is 12. The molecule has 1 unspecified atom stereocenters. The van der Waals surface area contributed by atoms with Gasteiger partial charge in [-0.3, -0.25) is 4.79 Å². The summed E-state index contributed by atoms with van der Waals surface area (Å²) >= 11 is 0. The molecule has 45 heavy (non-hydrogen) atoms. The monoisotopic (exact) mass is 634 g/mol. The Balaban J connectivity index is 1.53. The molecule has 4 aromatic rings. The van der Waals surface area contributed by atoms with Gasteiger partial charge in [-0.05, 0) is 79.6 Å². The Hall–Kier alpha value is -3.87. The molecule has 1 amide bonds. The minimum atomic E-state index is -3.87. The summed E-state index contributed by atoms with van der Waals surface area (Å²) in [5, 5.41) is 11.8. The molecule has 0 aliphatic carbocycles. The summed E-state index contributed by atoms with van der Waals surface area (Å²) in [6.07, 6.45) is 2.78. The maximum absolute atomic E-state index is 13.9. The molecule has 11 nitrogen and oxygen atoms in total. The third-order valence-electron chi connectivity index (χ3n) is 8.51. The van der Waals surface area contributed by atoms with Crippen LogP contribution in [0.2, 0.25) is 0 Å². The molecular formula is C33H42N6O5S. The van der Waals surface area contributed by atoms with Crippen LogP contribution in [0.5, 0.6) is 5.88 Å². The first-order valence-electron chi connectivity index (χ1n) is 15.5. The summed E-state index contributed by atoms with van der Waals surface area (Å²) in [5.41, 5.74) is 6.44. The molecule has 5 rings (SSSR count). The lowest BCUT2D eigenvalue weighted by atomic mass is 9.84. The fourth-order valence-corrected chi connectivity index (χ4v) is 7.38. The van der Waals surface area contributed by atoms with Crippen molar-refractivity contribution in [2.45, 2.75) is 77.0 Å². The van der Waals surface area contributed by atoms with Gasteiger partial charge in [0.25, 0.3) is 0 Å². The van der Waals surface area contributed by atoms with E-state index in [-0.39, 0.29) is 48.2 Å². The van der Waals surface area contributed by atoms with E-state index >= 15 is 0 Å². The van der Waals surface area contributed by atoms with Crippen molar-refractivity contribution in [3.8, 4) is 5.88 Å². The first-order chi connectivity index (χ1) is 21.7. The molecule has 1 aliphatic heterocycles. The largest absolute Gasteiger partial charge is 0.472 e. The van der Waals surface area contributed by atoms with Crippen molar-refractivity contribution in [2.24, 2.45) is 0 Å². The Morgan fingerprint density at radius 2 is 2.00 bits per heavy atom. The van der Waals surface area contributed by atoms with E-state index in [1.807, 2.05) is 56.6 Å². The molecule has 3 heterocycles. The van der Waals surface area contributed by atoms with E-state index in [9.17, 15) is 13.2 Å². The second kappa shape index (κ2) is 14.1. The average Bonchev–Trinajstić information content (AvgIpc) is 3.42. The number of amides is 1. The van der Waals surface area contributed by atoms with Crippen LogP contribution in [0, 0.1) is 13.8 Å². The molecule has 0 saturated heterocycles. The molecule has 0 fully saturated rings. The van der Waals surface area contributed by atoms with Crippen molar-refractivity contribution in [1.82, 2.24) is 29.6 Å². The third-order valence-corrected chi connectivity index (χ3v) is 10.3. The zero-order valence-corrected chi connectivity index (χ0v) is 27.4. The van der Waals surface area contributed by atoms with E-state index in [1.54, 1.807) is 25.4 Å². The molecular weight excluding hydrogens is 592 g/mol. The van der Waals surface area contributed by atoms with E-state index < -0.39 is 10.0 Å². The van der Waals surface area contributed by atoms with Crippen LogP contribution in [0.1, 0.15) is 66.8 Å². The van der Waals surface area contributed by atoms with Gasteiger partial charge in [0, 0.05) is 51.9 Å². The van der Waals surface area contributed by atoms with Gasteiger partial charge in [-0.25, -0.2) is 18.1 Å². The normalized spacial score (nSPS) is 17.0. The highest BCUT2D eigenvalue weighted by Gasteiger charge is 2.35. The quantitative estimate of drug-likeness (QED) is 0.226. The number of nitrogens with one attached hydrogen (secondary N) is 1. The number of carbonyl (C=O) groups excluding carboxylic acids is 1. The Morgan fingerprint density at radius 1 is 1.18 bits per heavy atom. The molecule has 1 N–H and O–H groups in total. The number of methoxy groups -OCH3 is 1. The van der Waals surface area contributed by atoms with Gasteiger partial charge >= 0.3 is 0 Å². The van der Waals surface area contributed by atoms with Gasteiger partial charge in [0.2, 0.25) is 21.8 Å². The highest BCUT2D eigenvalue weighted by Crippen LogP contribution is 2.36. The Kier molecular flexibility index (Phi) is 10.2. The smallest absolute Gasteiger partial charge is 0.248 e. The number of sulfonamides is 1. The van der Waals surface area contributed by atoms with E-state index in [4.69, 9.17) is 9.47 Å². The number of pyridine rings is 1. The number of ether oxygens (including phenoxy) is 2. The summed E-state index contributed by atoms with van der Waals surface area (Å²) in [4.78, 5) is 17.6. The van der Waals surface area contributed by atoms with Crippen molar-refractivity contribution in [3.05, 3.63) is 76.5 Å². The molecule has 2 atom stereocenters. The molecule has 1 aliphatic rings. The summed E-state index contributed by atoms with van der Waals surface area (Å²) in [5.74, 6) is -0.225. The molecule has 0 radical (unpaired) electrons. The summed E-state index contributed by atoms with van der Waals surface area (Å²) < 4.78 is 42.2. The number of benzene rings is 2. The number of aryl methyl sites for hydroxylation is 3. The van der Waals surface area contributed by atoms with Crippen molar-refractivity contribution in [1.29, 1.82) is 0 Å². The number of fused-ring (bicyclic) bond motifs is 2. The molecule has 2 aromatic heterocycles. The predicted octanol–water partition coefficient (Wildman–Crippen LogP) is 4.50. The van der Waals surface area contributed by atoms with Crippen LogP contribution in [-0.4, -0.2) is 71.5 Å². The second-order valence-corrected chi connectivity index (χ2v) is 13.4. The topological polar surface area (TPSA) is 129 Å². The second-order valence-electron chi connectivity index (χ2n) is 11.4. The van der Waals surface area contributed by atoms with Gasteiger partial charge in [-0.2, -0.15) is 4.31 Å². The number of carbonyl (C=O) groups is 1. The van der Waals surface area contributed by atoms with Crippen LogP contribution in [0.15, 0.2) is 53.6 Å². The fraction of sp³-hybridized carbons (Fsp3) is 0.455. The number of hydrogen-bond donors (Lipinski definition) is 1. The first-order valence-corrected chi connectivity index (χ1v) is 16.9. The van der Waals surface area contributed by atoms with Gasteiger partial charge in [0.15, 0.2) is 0 Å². The maximum Gasteiger partial charge on any atom is 0.248 e. The van der Waals surface area contributed by atoms with Crippen molar-refractivity contribution in [3.63, 3.8) is 0 Å². The van der Waals surface area contributed by atoms with Crippen molar-refractivity contribution >= 4 is 27.0 Å². The van der Waals surface area contributed by atoms with Crippen LogP contribution in [0.3, 0.4) is 0 Å². The molecule has 0 spiro atoms. The van der Waals surface area contributed by atoms with Crippen LogP contribution >= 0.6 is 0 Å². The zero-order chi connectivity index (χ0) is 32.1. The Bertz CT molecular complexity index is 1770. The molecule has 2 aromatic carbocycles. The lowest BCUT2D eigenvalue weighted by Gasteiger charge is -2.25. The van der Waals surface area contributed by atoms with Crippen LogP contribution in [-0.2, 0) is 32.6 Å². The number of hydrogen-bond acceptors (Lipinski definition) is 8. The van der Waals surface area contributed by atoms with E-state index in [1.165, 1.54) is 4.31 Å². The first kappa shape index (κ1) is 32.5. The molecule has 240 valence electrons. The Labute approximate surface area is 265 Å². The molecule has 0 bridgehead atoms. The predicted molar refractivity (Wildman–Crippen MR) is 172 cm³/mol. The van der Waals surface area contributed by atoms with E-state index in [0.29, 0.717) is 26.1 Å². The summed E-state index contributed by atoms with van der Waals surface area (Å²) in [7, 11) is -2.23. The van der Waals surface area contributed by atoms with E-state index in [0.717, 1.165) is 45.3 Å². The average molecular weight is 635 g/mol. The van der Waals surface area contributed by atoms with E-state index in [2.05, 4.69) is 26.7 Å². The number of nitrogens with zero attached hydrogens (tertiary/aromatic N) is 5. The fourth-order valence-electron chi connectivity index (χ4n) is 5.85. The minimum Gasteiger partial charge on any atom is -0.472 e. The lowest BCUT2D eigenvalue weighted by molar-refractivity contribution is -0.121. The third kappa shape index (κ3) is 6.87. The van der Waals surface area contributed by atoms with Gasteiger partial charge < -0.3 is 14.8 Å². The summed E-state index contributed by atoms with van der Waals surface area (Å²) in [6, 6.07) is 13.3. The van der Waals surface area contributed by atoms with Crippen LogP contribution < -0.4 is 10.1 Å². The van der Waals surface area contributed by atoms with Crippen LogP contribution in [0.25, 0.3) is 11.0 Å². The highest BCUT2D eigenvalue weighted by atomic mass is 32.2. The van der Waals surface area contributed by atoms with Gasteiger partial charge in [0.1, 0.15) is 16.5 Å². The standard InChI is InChI=1S/C33H42N6O5S/c1-6-26-21-38(45(41,42)30-10-8-15-35-33(30)44-26)20-25-18-24(12-11-22(25)3)28(19-31(40)34-16-9-17-43-5)27-13-14-29-32(23(27)4)36-37-39(29)7-2/h8,10-15,18,26,28H,6-7,9,16-17,19-21H2,1-5H3,(H,34,40)/t26-,28?/m1/s1. The molecule has 0 saturated carbocycles. The molecule has 12 heteroatoms. The lowest BCUT2D eigenvalue weighted by Crippen LogP contribution is -2.36. The van der Waals surface area contributed by atoms with Crippen LogP contribution in [0.4, 0.5) is 0 Å². The van der Waals surface area contributed by atoms with Crippen molar-refractivity contribution in [2.75, 3.05) is 26.8 Å². The van der Waals surface area contributed by atoms with Gasteiger partial charge in [-0.15, -0.1) is 5.10 Å². The minimum absolute atomic E-state index is 0.0711. The van der Waals surface area contributed by atoms with Crippen molar-refractivity contribution < 1.29 is 22.7 Å². The van der Waals surface area contributed by atoms with Gasteiger partial charge in [-0.1, -0.05) is 36.4 Å². The summed E-state index contributed by atoms with van der Waals surface area (Å²) in [6.45, 7) is 10.1. The zero-order valence-electron chi connectivity index (χ0n) is 26.6. The SMILES string of the molecule is CC[C@@H]1CN(Cc2cc(C(CC(=O)NCCCOC)c3ccc4c(nnn4CC)c3C)ccc2C)S(=O)(=O)c2cccnc2O1. The number of aromatic nitrogens is 4.